The number of fused-ring (bicyclic) bond motifs is 1. The van der Waals surface area contributed by atoms with Gasteiger partial charge in [-0.2, -0.15) is 15.1 Å². The lowest BCUT2D eigenvalue weighted by Crippen LogP contribution is -2.35. The molecule has 1 aromatic carbocycles. The molecule has 0 fully saturated rings. The van der Waals surface area contributed by atoms with E-state index in [0.717, 1.165) is 27.7 Å². The number of nitrogens with one attached hydrogen (secondary N) is 1. The van der Waals surface area contributed by atoms with Crippen molar-refractivity contribution < 1.29 is 4.79 Å². The van der Waals surface area contributed by atoms with Crippen molar-refractivity contribution in [1.29, 1.82) is 5.41 Å². The van der Waals surface area contributed by atoms with E-state index in [4.69, 9.17) is 17.0 Å². The lowest BCUT2D eigenvalue weighted by atomic mass is 10.1. The van der Waals surface area contributed by atoms with Gasteiger partial charge in [-0.05, 0) is 55.4 Å². The quantitative estimate of drug-likeness (QED) is 0.701. The molecule has 0 saturated carbocycles. The SMILES string of the molecule is Cc1cc(/C=C2/C(=N)N3N=C(C(C)C)SC3=NC2=O)c(C)n1-c1ccccc1Cl. The number of hydrogen-bond acceptors (Lipinski definition) is 4. The van der Waals surface area contributed by atoms with E-state index in [1.807, 2.05) is 62.6 Å². The molecule has 2 aliphatic heterocycles. The maximum atomic E-state index is 12.6. The Bertz CT molecular complexity index is 1140. The first-order chi connectivity index (χ1) is 13.8. The lowest BCUT2D eigenvalue weighted by molar-refractivity contribution is -0.114. The Morgan fingerprint density at radius 2 is 1.97 bits per heavy atom. The van der Waals surface area contributed by atoms with Crippen LogP contribution in [0, 0.1) is 25.2 Å². The average Bonchev–Trinajstić information content (AvgIpc) is 3.21. The third-order valence-electron chi connectivity index (χ3n) is 4.83. The van der Waals surface area contributed by atoms with Gasteiger partial charge in [0.2, 0.25) is 5.17 Å². The zero-order valence-electron chi connectivity index (χ0n) is 16.5. The number of nitrogens with zero attached hydrogens (tertiary/aromatic N) is 4. The molecule has 0 atom stereocenters. The highest BCUT2D eigenvalue weighted by Crippen LogP contribution is 2.32. The Labute approximate surface area is 178 Å². The maximum absolute atomic E-state index is 12.6. The van der Waals surface area contributed by atoms with E-state index >= 15 is 0 Å². The van der Waals surface area contributed by atoms with E-state index in [0.29, 0.717) is 10.2 Å². The molecule has 8 heteroatoms. The van der Waals surface area contributed by atoms with Gasteiger partial charge in [0, 0.05) is 17.3 Å². The zero-order valence-corrected chi connectivity index (χ0v) is 18.1. The Morgan fingerprint density at radius 3 is 2.66 bits per heavy atom. The van der Waals surface area contributed by atoms with Crippen LogP contribution in [0.15, 0.2) is 46.0 Å². The van der Waals surface area contributed by atoms with Gasteiger partial charge >= 0.3 is 0 Å². The van der Waals surface area contributed by atoms with Gasteiger partial charge < -0.3 is 4.57 Å². The Kier molecular flexibility index (Phi) is 4.96. The molecule has 2 aromatic rings. The molecule has 2 aliphatic rings. The Morgan fingerprint density at radius 1 is 1.24 bits per heavy atom. The Hall–Kier alpha value is -2.64. The highest BCUT2D eigenvalue weighted by molar-refractivity contribution is 8.27. The van der Waals surface area contributed by atoms with Crippen molar-refractivity contribution in [2.45, 2.75) is 27.7 Å². The topological polar surface area (TPSA) is 73.8 Å². The molecule has 0 unspecified atom stereocenters. The van der Waals surface area contributed by atoms with Crippen LogP contribution in [0.1, 0.15) is 30.8 Å². The number of halogens is 1. The fourth-order valence-corrected chi connectivity index (χ4v) is 4.45. The van der Waals surface area contributed by atoms with Gasteiger partial charge in [-0.25, -0.2) is 0 Å². The average molecular weight is 426 g/mol. The van der Waals surface area contributed by atoms with Crippen LogP contribution >= 0.6 is 23.4 Å². The number of rotatable bonds is 3. The van der Waals surface area contributed by atoms with E-state index < -0.39 is 5.91 Å². The third kappa shape index (κ3) is 3.34. The summed E-state index contributed by atoms with van der Waals surface area (Å²) >= 11 is 7.73. The molecule has 0 bridgehead atoms. The smallest absolute Gasteiger partial charge is 0.283 e. The van der Waals surface area contributed by atoms with Crippen LogP contribution in [0.5, 0.6) is 0 Å². The van der Waals surface area contributed by atoms with Gasteiger partial charge in [0.05, 0.1) is 16.3 Å². The molecule has 0 aliphatic carbocycles. The summed E-state index contributed by atoms with van der Waals surface area (Å²) in [4.78, 5) is 16.8. The fraction of sp³-hybridized carbons (Fsp3) is 0.238. The maximum Gasteiger partial charge on any atom is 0.283 e. The molecule has 148 valence electrons. The van der Waals surface area contributed by atoms with Gasteiger partial charge in [0.25, 0.3) is 5.91 Å². The summed E-state index contributed by atoms with van der Waals surface area (Å²) < 4.78 is 2.04. The molecule has 4 rings (SSSR count). The zero-order chi connectivity index (χ0) is 20.9. The van der Waals surface area contributed by atoms with E-state index in [1.54, 1.807) is 6.08 Å². The summed E-state index contributed by atoms with van der Waals surface area (Å²) in [5, 5.41) is 16.4. The second-order valence-corrected chi connectivity index (χ2v) is 8.62. The summed E-state index contributed by atoms with van der Waals surface area (Å²) in [5.41, 5.74) is 3.86. The summed E-state index contributed by atoms with van der Waals surface area (Å²) in [5.74, 6) is -0.166. The van der Waals surface area contributed by atoms with Crippen molar-refractivity contribution in [3.63, 3.8) is 0 Å². The highest BCUT2D eigenvalue weighted by atomic mass is 35.5. The summed E-state index contributed by atoms with van der Waals surface area (Å²) in [6.07, 6.45) is 1.72. The van der Waals surface area contributed by atoms with Crippen molar-refractivity contribution in [3.8, 4) is 5.69 Å². The molecule has 29 heavy (non-hydrogen) atoms. The third-order valence-corrected chi connectivity index (χ3v) is 6.36. The van der Waals surface area contributed by atoms with E-state index in [-0.39, 0.29) is 17.3 Å². The Balaban J connectivity index is 1.76. The number of benzene rings is 1. The number of carbonyl (C=O) groups is 1. The van der Waals surface area contributed by atoms with Crippen LogP contribution in [0.3, 0.4) is 0 Å². The van der Waals surface area contributed by atoms with Crippen LogP contribution in [-0.4, -0.2) is 31.5 Å². The van der Waals surface area contributed by atoms with Crippen LogP contribution in [0.4, 0.5) is 0 Å². The van der Waals surface area contributed by atoms with Crippen LogP contribution < -0.4 is 0 Å². The van der Waals surface area contributed by atoms with Crippen molar-refractivity contribution >= 4 is 51.4 Å². The molecular weight excluding hydrogens is 406 g/mol. The van der Waals surface area contributed by atoms with Crippen molar-refractivity contribution in [2.24, 2.45) is 16.0 Å². The number of aryl methyl sites for hydroxylation is 1. The molecule has 1 N–H and O–H groups in total. The molecule has 1 amide bonds. The van der Waals surface area contributed by atoms with Crippen molar-refractivity contribution in [2.75, 3.05) is 0 Å². The lowest BCUT2D eigenvalue weighted by Gasteiger charge is -2.20. The first-order valence-corrected chi connectivity index (χ1v) is 10.4. The first kappa shape index (κ1) is 19.7. The summed E-state index contributed by atoms with van der Waals surface area (Å²) in [6, 6.07) is 9.60. The molecule has 6 nitrogen and oxygen atoms in total. The molecule has 0 radical (unpaired) electrons. The number of thioether (sulfide) groups is 1. The van der Waals surface area contributed by atoms with E-state index in [2.05, 4.69) is 10.1 Å². The normalized spacial score (nSPS) is 17.9. The number of aliphatic imine (C=N–C) groups is 1. The van der Waals surface area contributed by atoms with Gasteiger partial charge in [-0.1, -0.05) is 37.6 Å². The van der Waals surface area contributed by atoms with Gasteiger partial charge in [-0.3, -0.25) is 10.2 Å². The minimum absolute atomic E-state index is 0.0469. The number of amidine groups is 2. The predicted octanol–water partition coefficient (Wildman–Crippen LogP) is 5.02. The molecule has 0 spiro atoms. The standard InChI is InChI=1S/C21H20ClN5OS/c1-11(2)20-25-27-18(23)15(19(28)24-21(27)29-20)10-14-9-12(3)26(13(14)4)17-8-6-5-7-16(17)22/h5-11,23H,1-4H3/b15-10-,23-18?. The first-order valence-electron chi connectivity index (χ1n) is 9.22. The molecule has 1 aromatic heterocycles. The van der Waals surface area contributed by atoms with E-state index in [1.165, 1.54) is 16.8 Å². The summed E-state index contributed by atoms with van der Waals surface area (Å²) in [7, 11) is 0. The summed E-state index contributed by atoms with van der Waals surface area (Å²) in [6.45, 7) is 8.00. The van der Waals surface area contributed by atoms with Crippen LogP contribution in [-0.2, 0) is 4.79 Å². The number of carbonyl (C=O) groups excluding carboxylic acids is 1. The van der Waals surface area contributed by atoms with E-state index in [9.17, 15) is 4.79 Å². The number of hydrazone groups is 1. The minimum atomic E-state index is -0.420. The molecular formula is C21H20ClN5OS. The predicted molar refractivity (Wildman–Crippen MR) is 120 cm³/mol. The second kappa shape index (κ2) is 7.31. The molecule has 3 heterocycles. The largest absolute Gasteiger partial charge is 0.316 e. The van der Waals surface area contributed by atoms with Crippen molar-refractivity contribution in [3.05, 3.63) is 57.9 Å². The van der Waals surface area contributed by atoms with Gasteiger partial charge in [0.15, 0.2) is 5.84 Å². The monoisotopic (exact) mass is 425 g/mol. The number of amides is 1. The molecule has 0 saturated heterocycles. The van der Waals surface area contributed by atoms with Gasteiger partial charge in [-0.15, -0.1) is 0 Å². The minimum Gasteiger partial charge on any atom is -0.316 e. The fourth-order valence-electron chi connectivity index (χ4n) is 3.33. The second-order valence-electron chi connectivity index (χ2n) is 7.23. The van der Waals surface area contributed by atoms with Gasteiger partial charge in [0.1, 0.15) is 5.04 Å². The highest BCUT2D eigenvalue weighted by Gasteiger charge is 2.36. The van der Waals surface area contributed by atoms with Crippen molar-refractivity contribution in [1.82, 2.24) is 9.58 Å². The number of aromatic nitrogens is 1. The van der Waals surface area contributed by atoms with Crippen LogP contribution in [0.2, 0.25) is 5.02 Å². The number of hydrogen-bond donors (Lipinski definition) is 1. The van der Waals surface area contributed by atoms with Crippen LogP contribution in [0.25, 0.3) is 11.8 Å². The number of para-hydroxylation sites is 1.